The highest BCUT2D eigenvalue weighted by atomic mass is 19.1. The van der Waals surface area contributed by atoms with Gasteiger partial charge in [-0.25, -0.2) is 4.39 Å². The van der Waals surface area contributed by atoms with Gasteiger partial charge in [0.25, 0.3) is 0 Å². The van der Waals surface area contributed by atoms with Crippen molar-refractivity contribution >= 4 is 0 Å². The number of aliphatic hydroxyl groups is 1. The van der Waals surface area contributed by atoms with Crippen molar-refractivity contribution in [3.63, 3.8) is 0 Å². The minimum Gasteiger partial charge on any atom is -0.496 e. The summed E-state index contributed by atoms with van der Waals surface area (Å²) in [6, 6.07) is 24.1. The summed E-state index contributed by atoms with van der Waals surface area (Å²) in [6.07, 6.45) is -0.649. The van der Waals surface area contributed by atoms with Gasteiger partial charge in [-0.3, -0.25) is 4.90 Å². The summed E-state index contributed by atoms with van der Waals surface area (Å²) in [5.41, 5.74) is 3.07. The Kier molecular flexibility index (Phi) is 8.39. The molecule has 1 N–H and O–H groups in total. The monoisotopic (exact) mass is 409 g/mol. The summed E-state index contributed by atoms with van der Waals surface area (Å²) in [6.45, 7) is 2.29. The summed E-state index contributed by atoms with van der Waals surface area (Å²) in [4.78, 5) is 2.11. The number of ether oxygens (including phenoxy) is 2. The predicted molar refractivity (Wildman–Crippen MR) is 116 cm³/mol. The van der Waals surface area contributed by atoms with Gasteiger partial charge in [0.05, 0.1) is 26.4 Å². The van der Waals surface area contributed by atoms with Gasteiger partial charge in [-0.1, -0.05) is 60.7 Å². The van der Waals surface area contributed by atoms with Crippen LogP contribution in [0.3, 0.4) is 0 Å². The van der Waals surface area contributed by atoms with E-state index < -0.39 is 6.10 Å². The molecule has 0 radical (unpaired) electrons. The molecule has 0 heterocycles. The van der Waals surface area contributed by atoms with Crippen molar-refractivity contribution in [1.29, 1.82) is 0 Å². The van der Waals surface area contributed by atoms with Gasteiger partial charge in [0.2, 0.25) is 0 Å². The van der Waals surface area contributed by atoms with Crippen LogP contribution in [0.4, 0.5) is 4.39 Å². The lowest BCUT2D eigenvalue weighted by molar-refractivity contribution is 0.00702. The predicted octanol–water partition coefficient (Wildman–Crippen LogP) is 4.41. The minimum absolute atomic E-state index is 0.237. The molecule has 0 unspecified atom stereocenters. The fourth-order valence-electron chi connectivity index (χ4n) is 3.35. The Labute approximate surface area is 177 Å². The Balaban J connectivity index is 1.62. The summed E-state index contributed by atoms with van der Waals surface area (Å²) in [5.74, 6) is 0.542. The molecule has 158 valence electrons. The first kappa shape index (κ1) is 22.0. The van der Waals surface area contributed by atoms with Gasteiger partial charge in [0, 0.05) is 25.2 Å². The Morgan fingerprint density at radius 1 is 0.867 bits per heavy atom. The summed E-state index contributed by atoms with van der Waals surface area (Å²) >= 11 is 0. The molecule has 3 aromatic rings. The van der Waals surface area contributed by atoms with E-state index in [0.717, 1.165) is 22.4 Å². The van der Waals surface area contributed by atoms with E-state index in [9.17, 15) is 9.50 Å². The fourth-order valence-corrected chi connectivity index (χ4v) is 3.35. The third-order valence-electron chi connectivity index (χ3n) is 4.80. The molecule has 3 aromatic carbocycles. The molecule has 0 saturated heterocycles. The zero-order valence-corrected chi connectivity index (χ0v) is 17.2. The molecule has 30 heavy (non-hydrogen) atoms. The van der Waals surface area contributed by atoms with E-state index in [4.69, 9.17) is 9.47 Å². The van der Waals surface area contributed by atoms with Crippen LogP contribution in [0.1, 0.15) is 16.7 Å². The zero-order valence-electron chi connectivity index (χ0n) is 17.2. The van der Waals surface area contributed by atoms with E-state index in [1.807, 2.05) is 54.6 Å². The number of halogens is 1. The third kappa shape index (κ3) is 6.95. The van der Waals surface area contributed by atoms with Gasteiger partial charge in [-0.05, 0) is 29.3 Å². The summed E-state index contributed by atoms with van der Waals surface area (Å²) in [5, 5.41) is 10.6. The Hall–Kier alpha value is -2.73. The fraction of sp³-hybridized carbons (Fsp3) is 0.280. The molecule has 0 bridgehead atoms. The smallest absolute Gasteiger partial charge is 0.123 e. The number of para-hydroxylation sites is 1. The Morgan fingerprint density at radius 3 is 2.30 bits per heavy atom. The van der Waals surface area contributed by atoms with Gasteiger partial charge in [-0.2, -0.15) is 0 Å². The van der Waals surface area contributed by atoms with E-state index in [1.165, 1.54) is 12.1 Å². The highest BCUT2D eigenvalue weighted by Crippen LogP contribution is 2.21. The second-order valence-corrected chi connectivity index (χ2v) is 7.26. The molecular weight excluding hydrogens is 381 g/mol. The molecule has 1 atom stereocenters. The van der Waals surface area contributed by atoms with Crippen molar-refractivity contribution in [1.82, 2.24) is 4.90 Å². The van der Waals surface area contributed by atoms with Crippen LogP contribution in [-0.4, -0.2) is 36.4 Å². The molecule has 0 aliphatic rings. The maximum Gasteiger partial charge on any atom is 0.123 e. The van der Waals surface area contributed by atoms with E-state index in [0.29, 0.717) is 26.2 Å². The van der Waals surface area contributed by atoms with Crippen molar-refractivity contribution in [2.24, 2.45) is 0 Å². The number of hydrogen-bond acceptors (Lipinski definition) is 4. The molecular formula is C25H28FNO3. The molecule has 0 saturated carbocycles. The minimum atomic E-state index is -0.649. The lowest BCUT2D eigenvalue weighted by Gasteiger charge is -2.26. The van der Waals surface area contributed by atoms with Crippen LogP contribution in [0.15, 0.2) is 78.9 Å². The Morgan fingerprint density at radius 2 is 1.57 bits per heavy atom. The standard InChI is InChI=1S/C25H28FNO3/c1-29-25-10-6-5-9-22(25)16-27(15-20-11-13-23(26)14-12-20)17-24(28)19-30-18-21-7-3-2-4-8-21/h2-14,24,28H,15-19H2,1H3/t24-/m1/s1. The van der Waals surface area contributed by atoms with Crippen LogP contribution in [0, 0.1) is 5.82 Å². The van der Waals surface area contributed by atoms with Crippen molar-refractivity contribution in [2.75, 3.05) is 20.3 Å². The lowest BCUT2D eigenvalue weighted by atomic mass is 10.1. The van der Waals surface area contributed by atoms with Crippen molar-refractivity contribution in [2.45, 2.75) is 25.8 Å². The largest absolute Gasteiger partial charge is 0.496 e. The topological polar surface area (TPSA) is 41.9 Å². The van der Waals surface area contributed by atoms with E-state index in [1.54, 1.807) is 19.2 Å². The number of nitrogens with zero attached hydrogens (tertiary/aromatic N) is 1. The number of hydrogen-bond donors (Lipinski definition) is 1. The average Bonchev–Trinajstić information content (AvgIpc) is 2.76. The third-order valence-corrected chi connectivity index (χ3v) is 4.80. The lowest BCUT2D eigenvalue weighted by Crippen LogP contribution is -2.34. The van der Waals surface area contributed by atoms with Crippen LogP contribution in [0.2, 0.25) is 0 Å². The summed E-state index contributed by atoms with van der Waals surface area (Å²) < 4.78 is 24.4. The second kappa shape index (κ2) is 11.5. The van der Waals surface area contributed by atoms with Crippen LogP contribution in [0.25, 0.3) is 0 Å². The van der Waals surface area contributed by atoms with Crippen molar-refractivity contribution < 1.29 is 19.0 Å². The van der Waals surface area contributed by atoms with Crippen LogP contribution in [0.5, 0.6) is 5.75 Å². The quantitative estimate of drug-likeness (QED) is 0.509. The zero-order chi connectivity index (χ0) is 21.2. The van der Waals surface area contributed by atoms with Gasteiger partial charge >= 0.3 is 0 Å². The summed E-state index contributed by atoms with van der Waals surface area (Å²) in [7, 11) is 1.65. The highest BCUT2D eigenvalue weighted by Gasteiger charge is 2.15. The highest BCUT2D eigenvalue weighted by molar-refractivity contribution is 5.33. The first-order valence-corrected chi connectivity index (χ1v) is 10.0. The van der Waals surface area contributed by atoms with Gasteiger partial charge < -0.3 is 14.6 Å². The molecule has 0 aliphatic heterocycles. The van der Waals surface area contributed by atoms with Crippen molar-refractivity contribution in [3.8, 4) is 5.75 Å². The molecule has 5 heteroatoms. The normalized spacial score (nSPS) is 12.1. The SMILES string of the molecule is COc1ccccc1CN(Cc1ccc(F)cc1)C[C@@H](O)COCc1ccccc1. The molecule has 0 aromatic heterocycles. The molecule has 0 fully saturated rings. The maximum absolute atomic E-state index is 13.3. The van der Waals surface area contributed by atoms with Gasteiger partial charge in [0.15, 0.2) is 0 Å². The van der Waals surface area contributed by atoms with Gasteiger partial charge in [-0.15, -0.1) is 0 Å². The van der Waals surface area contributed by atoms with E-state index in [2.05, 4.69) is 4.90 Å². The molecule has 4 nitrogen and oxygen atoms in total. The van der Waals surface area contributed by atoms with E-state index in [-0.39, 0.29) is 12.4 Å². The molecule has 0 amide bonds. The van der Waals surface area contributed by atoms with Crippen molar-refractivity contribution in [3.05, 3.63) is 101 Å². The second-order valence-electron chi connectivity index (χ2n) is 7.26. The molecule has 0 aliphatic carbocycles. The molecule has 3 rings (SSSR count). The number of methoxy groups -OCH3 is 1. The van der Waals surface area contributed by atoms with Gasteiger partial charge in [0.1, 0.15) is 11.6 Å². The Bertz CT molecular complexity index is 886. The average molecular weight is 410 g/mol. The van der Waals surface area contributed by atoms with Crippen LogP contribution >= 0.6 is 0 Å². The van der Waals surface area contributed by atoms with Crippen LogP contribution in [-0.2, 0) is 24.4 Å². The van der Waals surface area contributed by atoms with Crippen LogP contribution < -0.4 is 4.74 Å². The number of rotatable bonds is 11. The van der Waals surface area contributed by atoms with E-state index >= 15 is 0 Å². The number of aliphatic hydroxyl groups excluding tert-OH is 1. The maximum atomic E-state index is 13.3. The molecule has 0 spiro atoms. The number of benzene rings is 3. The first-order chi connectivity index (χ1) is 14.6. The first-order valence-electron chi connectivity index (χ1n) is 10.0.